The summed E-state index contributed by atoms with van der Waals surface area (Å²) in [6.45, 7) is 6.76. The smallest absolute Gasteiger partial charge is 0.238 e. The minimum atomic E-state index is -0.0494. The highest BCUT2D eigenvalue weighted by atomic mass is 35.5. The largest absolute Gasteiger partial charge is 0.397 e. The molecule has 104 valence electrons. The summed E-state index contributed by atoms with van der Waals surface area (Å²) in [5.41, 5.74) is 7.21. The number of carbonyl (C=O) groups excluding carboxylic acids is 1. The molecule has 0 unspecified atom stereocenters. The lowest BCUT2D eigenvalue weighted by Crippen LogP contribution is -2.32. The molecule has 0 bridgehead atoms. The molecule has 0 aliphatic carbocycles. The minimum Gasteiger partial charge on any atom is -0.397 e. The number of rotatable bonds is 3. The van der Waals surface area contributed by atoms with Crippen LogP contribution in [0.1, 0.15) is 20.3 Å². The number of hydrogen-bond acceptors (Lipinski definition) is 3. The zero-order valence-electron chi connectivity index (χ0n) is 11.4. The minimum absolute atomic E-state index is 0.0494. The van der Waals surface area contributed by atoms with Crippen molar-refractivity contribution < 1.29 is 4.79 Å². The molecular weight excluding hydrogens is 262 g/mol. The standard InChI is InChI=1S/C14H20ClN3O/c1-14(2)5-6-18(9-14)8-13(19)17-12-7-10(15)3-4-11(12)16/h3-4,7H,5-6,8-9,16H2,1-2H3,(H,17,19). The van der Waals surface area contributed by atoms with Crippen molar-refractivity contribution in [1.82, 2.24) is 4.90 Å². The predicted octanol–water partition coefficient (Wildman–Crippen LogP) is 2.59. The van der Waals surface area contributed by atoms with Crippen LogP contribution in [-0.2, 0) is 4.79 Å². The summed E-state index contributed by atoms with van der Waals surface area (Å²) in [6.07, 6.45) is 1.12. The molecule has 1 aliphatic heterocycles. The van der Waals surface area contributed by atoms with Crippen molar-refractivity contribution in [1.29, 1.82) is 0 Å². The molecule has 2 rings (SSSR count). The second kappa shape index (κ2) is 5.39. The molecule has 1 aromatic carbocycles. The molecule has 1 aromatic rings. The van der Waals surface area contributed by atoms with Crippen LogP contribution in [0.4, 0.5) is 11.4 Å². The maximum absolute atomic E-state index is 12.0. The van der Waals surface area contributed by atoms with Crippen LogP contribution in [0.15, 0.2) is 18.2 Å². The zero-order chi connectivity index (χ0) is 14.0. The fourth-order valence-corrected chi connectivity index (χ4v) is 2.56. The van der Waals surface area contributed by atoms with Crippen molar-refractivity contribution in [2.45, 2.75) is 20.3 Å². The monoisotopic (exact) mass is 281 g/mol. The highest BCUT2D eigenvalue weighted by Crippen LogP contribution is 2.28. The summed E-state index contributed by atoms with van der Waals surface area (Å²) in [5, 5.41) is 3.38. The summed E-state index contributed by atoms with van der Waals surface area (Å²) in [4.78, 5) is 14.2. The molecule has 1 heterocycles. The van der Waals surface area contributed by atoms with Crippen LogP contribution in [0.3, 0.4) is 0 Å². The van der Waals surface area contributed by atoms with Crippen molar-refractivity contribution in [3.8, 4) is 0 Å². The number of hydrogen-bond donors (Lipinski definition) is 2. The third-order valence-electron chi connectivity index (χ3n) is 3.41. The van der Waals surface area contributed by atoms with E-state index in [2.05, 4.69) is 24.1 Å². The molecule has 1 saturated heterocycles. The van der Waals surface area contributed by atoms with Crippen LogP contribution >= 0.6 is 11.6 Å². The molecule has 19 heavy (non-hydrogen) atoms. The van der Waals surface area contributed by atoms with Gasteiger partial charge in [-0.1, -0.05) is 25.4 Å². The van der Waals surface area contributed by atoms with Crippen LogP contribution in [-0.4, -0.2) is 30.4 Å². The predicted molar refractivity (Wildman–Crippen MR) is 79.3 cm³/mol. The number of nitrogen functional groups attached to an aromatic ring is 1. The third kappa shape index (κ3) is 3.85. The summed E-state index contributed by atoms with van der Waals surface area (Å²) in [6, 6.07) is 5.06. The number of likely N-dealkylation sites (tertiary alicyclic amines) is 1. The van der Waals surface area contributed by atoms with Gasteiger partial charge in [-0.05, 0) is 36.6 Å². The van der Waals surface area contributed by atoms with Crippen LogP contribution in [0.5, 0.6) is 0 Å². The van der Waals surface area contributed by atoms with Crippen molar-refractivity contribution >= 4 is 28.9 Å². The first-order valence-corrected chi connectivity index (χ1v) is 6.81. The molecule has 5 heteroatoms. The van der Waals surface area contributed by atoms with E-state index in [0.29, 0.717) is 28.4 Å². The van der Waals surface area contributed by atoms with Gasteiger partial charge < -0.3 is 11.1 Å². The fourth-order valence-electron chi connectivity index (χ4n) is 2.39. The Morgan fingerprint density at radius 1 is 1.53 bits per heavy atom. The van der Waals surface area contributed by atoms with E-state index in [1.165, 1.54) is 0 Å². The summed E-state index contributed by atoms with van der Waals surface area (Å²) < 4.78 is 0. The van der Waals surface area contributed by atoms with Crippen molar-refractivity contribution in [3.63, 3.8) is 0 Å². The van der Waals surface area contributed by atoms with Crippen molar-refractivity contribution in [3.05, 3.63) is 23.2 Å². The molecule has 3 N–H and O–H groups in total. The van der Waals surface area contributed by atoms with E-state index in [-0.39, 0.29) is 5.91 Å². The SMILES string of the molecule is CC1(C)CCN(CC(=O)Nc2cc(Cl)ccc2N)C1. The van der Waals surface area contributed by atoms with Gasteiger partial charge in [0.25, 0.3) is 0 Å². The quantitative estimate of drug-likeness (QED) is 0.837. The number of amides is 1. The average Bonchev–Trinajstić information content (AvgIpc) is 2.63. The van der Waals surface area contributed by atoms with E-state index in [0.717, 1.165) is 19.5 Å². The lowest BCUT2D eigenvalue weighted by molar-refractivity contribution is -0.117. The van der Waals surface area contributed by atoms with E-state index in [1.54, 1.807) is 18.2 Å². The first-order valence-electron chi connectivity index (χ1n) is 6.43. The Kier molecular flexibility index (Phi) is 4.02. The van der Waals surface area contributed by atoms with Crippen molar-refractivity contribution in [2.75, 3.05) is 30.7 Å². The Labute approximate surface area is 118 Å². The van der Waals surface area contributed by atoms with Gasteiger partial charge in [0, 0.05) is 11.6 Å². The van der Waals surface area contributed by atoms with E-state index in [9.17, 15) is 4.79 Å². The van der Waals surface area contributed by atoms with Crippen LogP contribution in [0.2, 0.25) is 5.02 Å². The first-order chi connectivity index (χ1) is 8.85. The number of nitrogens with zero attached hydrogens (tertiary/aromatic N) is 1. The number of carbonyl (C=O) groups is 1. The van der Waals surface area contributed by atoms with Gasteiger partial charge in [-0.3, -0.25) is 9.69 Å². The lowest BCUT2D eigenvalue weighted by atomic mass is 9.93. The van der Waals surface area contributed by atoms with E-state index < -0.39 is 0 Å². The molecule has 1 aliphatic rings. The second-order valence-corrected chi connectivity index (χ2v) is 6.34. The Balaban J connectivity index is 1.93. The number of anilines is 2. The topological polar surface area (TPSA) is 58.4 Å². The van der Waals surface area contributed by atoms with Gasteiger partial charge in [-0.25, -0.2) is 0 Å². The molecule has 0 radical (unpaired) electrons. The summed E-state index contributed by atoms with van der Waals surface area (Å²) in [5.74, 6) is -0.0494. The fraction of sp³-hybridized carbons (Fsp3) is 0.500. The van der Waals surface area contributed by atoms with Gasteiger partial charge >= 0.3 is 0 Å². The Hall–Kier alpha value is -1.26. The highest BCUT2D eigenvalue weighted by Gasteiger charge is 2.29. The van der Waals surface area contributed by atoms with Gasteiger partial charge in [0.2, 0.25) is 5.91 Å². The van der Waals surface area contributed by atoms with Crippen LogP contribution in [0, 0.1) is 5.41 Å². The van der Waals surface area contributed by atoms with Gasteiger partial charge in [-0.2, -0.15) is 0 Å². The average molecular weight is 282 g/mol. The van der Waals surface area contributed by atoms with Crippen LogP contribution in [0.25, 0.3) is 0 Å². The number of benzene rings is 1. The molecule has 4 nitrogen and oxygen atoms in total. The van der Waals surface area contributed by atoms with Gasteiger partial charge in [0.15, 0.2) is 0 Å². The van der Waals surface area contributed by atoms with Gasteiger partial charge in [-0.15, -0.1) is 0 Å². The normalized spacial score (nSPS) is 18.5. The Bertz CT molecular complexity index is 488. The molecule has 0 spiro atoms. The molecule has 0 saturated carbocycles. The van der Waals surface area contributed by atoms with Gasteiger partial charge in [0.1, 0.15) is 0 Å². The van der Waals surface area contributed by atoms with E-state index in [1.807, 2.05) is 0 Å². The molecule has 1 fully saturated rings. The first kappa shape index (κ1) is 14.2. The highest BCUT2D eigenvalue weighted by molar-refractivity contribution is 6.31. The molecule has 0 atom stereocenters. The maximum atomic E-state index is 12.0. The zero-order valence-corrected chi connectivity index (χ0v) is 12.1. The molecule has 1 amide bonds. The maximum Gasteiger partial charge on any atom is 0.238 e. The summed E-state index contributed by atoms with van der Waals surface area (Å²) in [7, 11) is 0. The van der Waals surface area contributed by atoms with Crippen LogP contribution < -0.4 is 11.1 Å². The number of nitrogens with two attached hydrogens (primary N) is 1. The molecular formula is C14H20ClN3O. The lowest BCUT2D eigenvalue weighted by Gasteiger charge is -2.19. The third-order valence-corrected chi connectivity index (χ3v) is 3.65. The van der Waals surface area contributed by atoms with Crippen molar-refractivity contribution in [2.24, 2.45) is 5.41 Å². The molecule has 0 aromatic heterocycles. The van der Waals surface area contributed by atoms with E-state index in [4.69, 9.17) is 17.3 Å². The van der Waals surface area contributed by atoms with Gasteiger partial charge in [0.05, 0.1) is 17.9 Å². The second-order valence-electron chi connectivity index (χ2n) is 5.90. The Morgan fingerprint density at radius 3 is 2.89 bits per heavy atom. The number of halogens is 1. The number of nitrogens with one attached hydrogen (secondary N) is 1. The summed E-state index contributed by atoms with van der Waals surface area (Å²) >= 11 is 5.89. The van der Waals surface area contributed by atoms with E-state index >= 15 is 0 Å². The Morgan fingerprint density at radius 2 is 2.26 bits per heavy atom.